The summed E-state index contributed by atoms with van der Waals surface area (Å²) in [6.45, 7) is 4.12. The number of nitrogens with zero attached hydrogens (tertiary/aromatic N) is 4. The number of aliphatic carboxylic acids is 1. The van der Waals surface area contributed by atoms with Crippen LogP contribution in [-0.4, -0.2) is 56.8 Å². The van der Waals surface area contributed by atoms with Gasteiger partial charge in [0.05, 0.1) is 31.2 Å². The standard InChI is InChI=1S/C25H27N5O4/c1-5-8-29-14-18(12-25(29,2)24(31)32)30-13-17(21-22(26)27-15-28-23(21)30)7-6-16-9-19(33-3)11-20(10-16)34-4/h5,8-11,13,15,18H,12,14H2,1-4H3,(H,31,32)(H2,26,27,28)/t18-,25-/m0/s1. The highest BCUT2D eigenvalue weighted by molar-refractivity contribution is 5.92. The molecule has 1 aliphatic rings. The number of ether oxygens (including phenoxy) is 2. The molecule has 1 aliphatic heterocycles. The number of carboxylic acid groups (broad SMARTS) is 1. The predicted molar refractivity (Wildman–Crippen MR) is 129 cm³/mol. The van der Waals surface area contributed by atoms with E-state index in [0.717, 1.165) is 0 Å². The number of allylic oxidation sites excluding steroid dienone is 1. The third-order valence-corrected chi connectivity index (χ3v) is 6.19. The number of anilines is 1. The average molecular weight is 462 g/mol. The molecule has 1 saturated heterocycles. The summed E-state index contributed by atoms with van der Waals surface area (Å²) in [4.78, 5) is 22.6. The number of nitrogens with two attached hydrogens (primary N) is 1. The van der Waals surface area contributed by atoms with Gasteiger partial charge >= 0.3 is 5.97 Å². The SMILES string of the molecule is CC=CN1C[C@@H](n2cc(C#Cc3cc(OC)cc(OC)c3)c3c(N)ncnc32)C[C@@]1(C)C(=O)O. The molecule has 4 rings (SSSR count). The number of benzene rings is 1. The number of fused-ring (bicyclic) bond motifs is 1. The van der Waals surface area contributed by atoms with E-state index in [2.05, 4.69) is 21.8 Å². The van der Waals surface area contributed by atoms with Gasteiger partial charge in [-0.05, 0) is 32.2 Å². The first-order chi connectivity index (χ1) is 16.3. The molecule has 3 N–H and O–H groups in total. The molecule has 34 heavy (non-hydrogen) atoms. The summed E-state index contributed by atoms with van der Waals surface area (Å²) in [6.07, 6.45) is 7.36. The average Bonchev–Trinajstić information content (AvgIpc) is 3.37. The fraction of sp³-hybridized carbons (Fsp3) is 0.320. The highest BCUT2D eigenvalue weighted by Crippen LogP contribution is 2.39. The molecule has 0 saturated carbocycles. The van der Waals surface area contributed by atoms with Crippen LogP contribution in [0.1, 0.15) is 37.4 Å². The molecular weight excluding hydrogens is 434 g/mol. The van der Waals surface area contributed by atoms with Gasteiger partial charge in [-0.1, -0.05) is 17.9 Å². The molecule has 2 aromatic heterocycles. The molecule has 0 aliphatic carbocycles. The van der Waals surface area contributed by atoms with Gasteiger partial charge in [-0.2, -0.15) is 0 Å². The number of carbonyl (C=O) groups is 1. The van der Waals surface area contributed by atoms with Crippen LogP contribution in [0, 0.1) is 11.8 Å². The van der Waals surface area contributed by atoms with E-state index in [1.165, 1.54) is 6.33 Å². The van der Waals surface area contributed by atoms with Crippen LogP contribution in [-0.2, 0) is 4.79 Å². The molecule has 0 unspecified atom stereocenters. The van der Waals surface area contributed by atoms with Crippen molar-refractivity contribution in [1.29, 1.82) is 0 Å². The lowest BCUT2D eigenvalue weighted by atomic mass is 9.97. The third-order valence-electron chi connectivity index (χ3n) is 6.19. The maximum Gasteiger partial charge on any atom is 0.329 e. The normalized spacial score (nSPS) is 19.9. The van der Waals surface area contributed by atoms with Gasteiger partial charge in [0, 0.05) is 30.8 Å². The van der Waals surface area contributed by atoms with Gasteiger partial charge < -0.3 is 29.8 Å². The van der Waals surface area contributed by atoms with Crippen molar-refractivity contribution in [2.24, 2.45) is 0 Å². The van der Waals surface area contributed by atoms with Gasteiger partial charge in [-0.25, -0.2) is 14.8 Å². The molecule has 9 nitrogen and oxygen atoms in total. The number of hydrogen-bond acceptors (Lipinski definition) is 7. The Kier molecular flexibility index (Phi) is 6.07. The van der Waals surface area contributed by atoms with Gasteiger partial charge in [0.15, 0.2) is 0 Å². The maximum atomic E-state index is 12.1. The van der Waals surface area contributed by atoms with E-state index in [0.29, 0.717) is 52.4 Å². The molecule has 1 aromatic carbocycles. The van der Waals surface area contributed by atoms with Crippen molar-refractivity contribution in [2.45, 2.75) is 31.8 Å². The quantitative estimate of drug-likeness (QED) is 0.557. The third kappa shape index (κ3) is 3.99. The molecule has 9 heteroatoms. The number of methoxy groups -OCH3 is 2. The molecule has 3 heterocycles. The monoisotopic (exact) mass is 461 g/mol. The van der Waals surface area contributed by atoms with Crippen LogP contribution < -0.4 is 15.2 Å². The summed E-state index contributed by atoms with van der Waals surface area (Å²) in [7, 11) is 3.17. The Morgan fingerprint density at radius 1 is 1.24 bits per heavy atom. The summed E-state index contributed by atoms with van der Waals surface area (Å²) in [5.74, 6) is 7.05. The van der Waals surface area contributed by atoms with E-state index in [-0.39, 0.29) is 6.04 Å². The first-order valence-electron chi connectivity index (χ1n) is 10.8. The Labute approximate surface area is 197 Å². The van der Waals surface area contributed by atoms with Crippen LogP contribution in [0.4, 0.5) is 5.82 Å². The van der Waals surface area contributed by atoms with Crippen molar-refractivity contribution in [2.75, 3.05) is 26.5 Å². The summed E-state index contributed by atoms with van der Waals surface area (Å²) in [5, 5.41) is 10.6. The van der Waals surface area contributed by atoms with E-state index in [1.54, 1.807) is 27.2 Å². The molecule has 2 atom stereocenters. The van der Waals surface area contributed by atoms with Crippen molar-refractivity contribution < 1.29 is 19.4 Å². The molecule has 0 bridgehead atoms. The zero-order valence-corrected chi connectivity index (χ0v) is 19.6. The molecule has 0 radical (unpaired) electrons. The molecular formula is C25H27N5O4. The van der Waals surface area contributed by atoms with Crippen molar-refractivity contribution >= 4 is 22.8 Å². The van der Waals surface area contributed by atoms with E-state index >= 15 is 0 Å². The zero-order valence-electron chi connectivity index (χ0n) is 19.6. The molecule has 1 fully saturated rings. The lowest BCUT2D eigenvalue weighted by molar-refractivity contribution is -0.147. The topological polar surface area (TPSA) is 116 Å². The molecule has 0 spiro atoms. The van der Waals surface area contributed by atoms with Crippen LogP contribution in [0.15, 0.2) is 43.0 Å². The van der Waals surface area contributed by atoms with Crippen molar-refractivity contribution in [3.8, 4) is 23.3 Å². The maximum absolute atomic E-state index is 12.1. The highest BCUT2D eigenvalue weighted by Gasteiger charge is 2.47. The second-order valence-corrected chi connectivity index (χ2v) is 8.33. The van der Waals surface area contributed by atoms with Crippen LogP contribution in [0.2, 0.25) is 0 Å². The van der Waals surface area contributed by atoms with E-state index in [4.69, 9.17) is 15.2 Å². The number of nitrogen functional groups attached to an aromatic ring is 1. The fourth-order valence-corrected chi connectivity index (χ4v) is 4.37. The predicted octanol–water partition coefficient (Wildman–Crippen LogP) is 3.05. The van der Waals surface area contributed by atoms with Crippen LogP contribution >= 0.6 is 0 Å². The number of likely N-dealkylation sites (tertiary alicyclic amines) is 1. The minimum Gasteiger partial charge on any atom is -0.497 e. The largest absolute Gasteiger partial charge is 0.497 e. The van der Waals surface area contributed by atoms with E-state index in [1.807, 2.05) is 47.0 Å². The minimum atomic E-state index is -1.03. The lowest BCUT2D eigenvalue weighted by Crippen LogP contribution is -2.44. The van der Waals surface area contributed by atoms with Crippen molar-refractivity contribution in [3.05, 3.63) is 54.1 Å². The Morgan fingerprint density at radius 2 is 1.94 bits per heavy atom. The number of carboxylic acids is 1. The van der Waals surface area contributed by atoms with Gasteiger partial charge in [0.2, 0.25) is 0 Å². The van der Waals surface area contributed by atoms with Crippen molar-refractivity contribution in [3.63, 3.8) is 0 Å². The van der Waals surface area contributed by atoms with Crippen molar-refractivity contribution in [1.82, 2.24) is 19.4 Å². The Morgan fingerprint density at radius 3 is 2.56 bits per heavy atom. The highest BCUT2D eigenvalue weighted by atomic mass is 16.5. The van der Waals surface area contributed by atoms with Crippen LogP contribution in [0.5, 0.6) is 11.5 Å². The van der Waals surface area contributed by atoms with Gasteiger partial charge in [-0.3, -0.25) is 0 Å². The van der Waals surface area contributed by atoms with Gasteiger partial charge in [0.25, 0.3) is 0 Å². The van der Waals surface area contributed by atoms with E-state index < -0.39 is 11.5 Å². The number of rotatable bonds is 5. The summed E-state index contributed by atoms with van der Waals surface area (Å²) < 4.78 is 12.6. The Bertz CT molecular complexity index is 1310. The fourth-order valence-electron chi connectivity index (χ4n) is 4.37. The van der Waals surface area contributed by atoms with Gasteiger partial charge in [0.1, 0.15) is 34.8 Å². The summed E-state index contributed by atoms with van der Waals surface area (Å²) in [5.41, 5.74) is 7.19. The zero-order chi connectivity index (χ0) is 24.5. The van der Waals surface area contributed by atoms with Crippen LogP contribution in [0.25, 0.3) is 11.0 Å². The summed E-state index contributed by atoms with van der Waals surface area (Å²) in [6, 6.07) is 5.28. The summed E-state index contributed by atoms with van der Waals surface area (Å²) >= 11 is 0. The molecule has 0 amide bonds. The number of aromatic nitrogens is 3. The lowest BCUT2D eigenvalue weighted by Gasteiger charge is -2.29. The second-order valence-electron chi connectivity index (χ2n) is 8.33. The smallest absolute Gasteiger partial charge is 0.329 e. The van der Waals surface area contributed by atoms with Crippen LogP contribution in [0.3, 0.4) is 0 Å². The first kappa shape index (κ1) is 23.0. The second kappa shape index (κ2) is 8.98. The van der Waals surface area contributed by atoms with Gasteiger partial charge in [-0.15, -0.1) is 0 Å². The molecule has 3 aromatic rings. The Balaban J connectivity index is 1.80. The van der Waals surface area contributed by atoms with E-state index in [9.17, 15) is 9.90 Å². The molecule has 176 valence electrons. The Hall–Kier alpha value is -4.19. The minimum absolute atomic E-state index is 0.137. The number of hydrogen-bond donors (Lipinski definition) is 2. The first-order valence-corrected chi connectivity index (χ1v) is 10.8.